The standard InChI is InChI=1S/C8H8N4.2ClH/c9-7-4-11-12(6-7)8-2-1-3-10-5-8;;/h1-6H,9H2;2*1H. The highest BCUT2D eigenvalue weighted by Crippen LogP contribution is 2.06. The van der Waals surface area contributed by atoms with Crippen molar-refractivity contribution in [3.8, 4) is 5.69 Å². The van der Waals surface area contributed by atoms with E-state index in [1.54, 1.807) is 29.5 Å². The van der Waals surface area contributed by atoms with Gasteiger partial charge in [-0.2, -0.15) is 5.10 Å². The fourth-order valence-electron chi connectivity index (χ4n) is 0.967. The molecular weight excluding hydrogens is 223 g/mol. The van der Waals surface area contributed by atoms with Crippen molar-refractivity contribution >= 4 is 30.5 Å². The van der Waals surface area contributed by atoms with Gasteiger partial charge in [0.15, 0.2) is 0 Å². The quantitative estimate of drug-likeness (QED) is 0.815. The Balaban J connectivity index is 0.000000845. The number of hydrogen-bond acceptors (Lipinski definition) is 3. The molecule has 0 aliphatic carbocycles. The van der Waals surface area contributed by atoms with E-state index in [0.717, 1.165) is 5.69 Å². The number of aromatic nitrogens is 3. The highest BCUT2D eigenvalue weighted by Gasteiger charge is 1.95. The van der Waals surface area contributed by atoms with Crippen molar-refractivity contribution in [2.45, 2.75) is 0 Å². The Morgan fingerprint density at radius 3 is 2.50 bits per heavy atom. The molecule has 0 saturated carbocycles. The molecule has 0 unspecified atom stereocenters. The first-order valence-electron chi connectivity index (χ1n) is 3.57. The van der Waals surface area contributed by atoms with Gasteiger partial charge in [0, 0.05) is 6.20 Å². The summed E-state index contributed by atoms with van der Waals surface area (Å²) in [6.07, 6.45) is 6.80. The molecule has 0 bridgehead atoms. The van der Waals surface area contributed by atoms with Crippen LogP contribution < -0.4 is 5.73 Å². The number of nitrogens with two attached hydrogens (primary N) is 1. The molecule has 0 saturated heterocycles. The zero-order valence-corrected chi connectivity index (χ0v) is 8.83. The Morgan fingerprint density at radius 2 is 2.00 bits per heavy atom. The Bertz CT molecular complexity index is 374. The molecule has 2 heterocycles. The van der Waals surface area contributed by atoms with E-state index in [1.165, 1.54) is 0 Å². The van der Waals surface area contributed by atoms with Crippen LogP contribution in [0.1, 0.15) is 0 Å². The summed E-state index contributed by atoms with van der Waals surface area (Å²) in [5.41, 5.74) is 7.08. The van der Waals surface area contributed by atoms with Crippen molar-refractivity contribution in [2.24, 2.45) is 0 Å². The summed E-state index contributed by atoms with van der Waals surface area (Å²) in [5, 5.41) is 4.04. The van der Waals surface area contributed by atoms with Gasteiger partial charge in [-0.25, -0.2) is 4.68 Å². The predicted molar refractivity (Wildman–Crippen MR) is 60.3 cm³/mol. The monoisotopic (exact) mass is 232 g/mol. The minimum Gasteiger partial charge on any atom is -0.396 e. The molecule has 0 aromatic carbocycles. The molecule has 4 nitrogen and oxygen atoms in total. The summed E-state index contributed by atoms with van der Waals surface area (Å²) >= 11 is 0. The van der Waals surface area contributed by atoms with Crippen molar-refractivity contribution in [1.82, 2.24) is 14.8 Å². The zero-order valence-electron chi connectivity index (χ0n) is 7.20. The van der Waals surface area contributed by atoms with Gasteiger partial charge in [0.2, 0.25) is 0 Å². The summed E-state index contributed by atoms with van der Waals surface area (Å²) in [6.45, 7) is 0. The number of pyridine rings is 1. The lowest BCUT2D eigenvalue weighted by atomic mass is 10.4. The lowest BCUT2D eigenvalue weighted by Crippen LogP contribution is -1.93. The van der Waals surface area contributed by atoms with E-state index in [2.05, 4.69) is 10.1 Å². The van der Waals surface area contributed by atoms with E-state index in [9.17, 15) is 0 Å². The van der Waals surface area contributed by atoms with Gasteiger partial charge < -0.3 is 5.73 Å². The molecule has 0 spiro atoms. The Morgan fingerprint density at radius 1 is 1.21 bits per heavy atom. The SMILES string of the molecule is Cl.Cl.Nc1cnn(-c2cccnc2)c1. The number of anilines is 1. The van der Waals surface area contributed by atoms with Gasteiger partial charge in [-0.3, -0.25) is 4.98 Å². The number of rotatable bonds is 1. The average molecular weight is 233 g/mol. The van der Waals surface area contributed by atoms with Crippen LogP contribution >= 0.6 is 24.8 Å². The Hall–Kier alpha value is -1.26. The van der Waals surface area contributed by atoms with E-state index in [4.69, 9.17) is 5.73 Å². The van der Waals surface area contributed by atoms with Crippen LogP contribution in [0, 0.1) is 0 Å². The minimum absolute atomic E-state index is 0. The summed E-state index contributed by atoms with van der Waals surface area (Å²) in [6, 6.07) is 3.77. The molecule has 14 heavy (non-hydrogen) atoms. The molecule has 0 amide bonds. The van der Waals surface area contributed by atoms with Crippen molar-refractivity contribution in [1.29, 1.82) is 0 Å². The number of halogens is 2. The molecule has 2 N–H and O–H groups in total. The third kappa shape index (κ3) is 2.61. The first-order chi connectivity index (χ1) is 5.86. The average Bonchev–Trinajstić information content (AvgIpc) is 2.54. The second kappa shape index (κ2) is 5.47. The lowest BCUT2D eigenvalue weighted by Gasteiger charge is -1.97. The highest BCUT2D eigenvalue weighted by atomic mass is 35.5. The van der Waals surface area contributed by atoms with E-state index >= 15 is 0 Å². The molecule has 0 atom stereocenters. The Kier molecular flexibility index (Phi) is 4.97. The van der Waals surface area contributed by atoms with E-state index in [1.807, 2.05) is 12.1 Å². The van der Waals surface area contributed by atoms with Crippen molar-refractivity contribution in [3.63, 3.8) is 0 Å². The second-order valence-electron chi connectivity index (χ2n) is 2.43. The van der Waals surface area contributed by atoms with Crippen LogP contribution in [0.3, 0.4) is 0 Å². The van der Waals surface area contributed by atoms with E-state index in [0.29, 0.717) is 5.69 Å². The van der Waals surface area contributed by atoms with Crippen molar-refractivity contribution < 1.29 is 0 Å². The van der Waals surface area contributed by atoms with E-state index < -0.39 is 0 Å². The summed E-state index contributed by atoms with van der Waals surface area (Å²) in [5.74, 6) is 0. The van der Waals surface area contributed by atoms with Gasteiger partial charge in [0.25, 0.3) is 0 Å². The molecule has 2 aromatic rings. The van der Waals surface area contributed by atoms with Crippen LogP contribution in [0.5, 0.6) is 0 Å². The fourth-order valence-corrected chi connectivity index (χ4v) is 0.967. The number of hydrogen-bond donors (Lipinski definition) is 1. The van der Waals surface area contributed by atoms with Crippen LogP contribution in [-0.4, -0.2) is 14.8 Å². The third-order valence-corrected chi connectivity index (χ3v) is 1.51. The molecule has 2 aromatic heterocycles. The van der Waals surface area contributed by atoms with Crippen molar-refractivity contribution in [2.75, 3.05) is 5.73 Å². The summed E-state index contributed by atoms with van der Waals surface area (Å²) in [4.78, 5) is 3.97. The van der Waals surface area contributed by atoms with Gasteiger partial charge in [-0.05, 0) is 12.1 Å². The van der Waals surface area contributed by atoms with Crippen LogP contribution in [0.2, 0.25) is 0 Å². The lowest BCUT2D eigenvalue weighted by molar-refractivity contribution is 0.874. The maximum atomic E-state index is 5.51. The largest absolute Gasteiger partial charge is 0.396 e. The predicted octanol–water partition coefficient (Wildman–Crippen LogP) is 1.69. The number of nitrogen functional groups attached to an aromatic ring is 1. The molecule has 6 heteroatoms. The first kappa shape index (κ1) is 12.7. The second-order valence-corrected chi connectivity index (χ2v) is 2.43. The van der Waals surface area contributed by atoms with Crippen LogP contribution in [0.4, 0.5) is 5.69 Å². The summed E-state index contributed by atoms with van der Waals surface area (Å²) in [7, 11) is 0. The third-order valence-electron chi connectivity index (χ3n) is 1.51. The fraction of sp³-hybridized carbons (Fsp3) is 0. The van der Waals surface area contributed by atoms with Gasteiger partial charge in [0.1, 0.15) is 0 Å². The minimum atomic E-state index is 0. The van der Waals surface area contributed by atoms with Gasteiger partial charge in [-0.15, -0.1) is 24.8 Å². The normalized spacial score (nSPS) is 8.57. The van der Waals surface area contributed by atoms with Crippen LogP contribution in [0.15, 0.2) is 36.9 Å². The number of nitrogens with zero attached hydrogens (tertiary/aromatic N) is 3. The van der Waals surface area contributed by atoms with Crippen LogP contribution in [0.25, 0.3) is 5.69 Å². The maximum Gasteiger partial charge on any atom is 0.0829 e. The highest BCUT2D eigenvalue weighted by molar-refractivity contribution is 5.85. The van der Waals surface area contributed by atoms with Gasteiger partial charge in [0.05, 0.1) is 30.0 Å². The molecule has 2 rings (SSSR count). The topological polar surface area (TPSA) is 56.7 Å². The molecule has 0 aliphatic heterocycles. The molecule has 76 valence electrons. The van der Waals surface area contributed by atoms with Crippen molar-refractivity contribution in [3.05, 3.63) is 36.9 Å². The molecular formula is C8H10Cl2N4. The zero-order chi connectivity index (χ0) is 8.39. The van der Waals surface area contributed by atoms with Gasteiger partial charge in [-0.1, -0.05) is 0 Å². The van der Waals surface area contributed by atoms with Gasteiger partial charge >= 0.3 is 0 Å². The molecule has 0 aliphatic rings. The van der Waals surface area contributed by atoms with Crippen LogP contribution in [-0.2, 0) is 0 Å². The summed E-state index contributed by atoms with van der Waals surface area (Å²) < 4.78 is 1.68. The maximum absolute atomic E-state index is 5.51. The molecule has 0 radical (unpaired) electrons. The van der Waals surface area contributed by atoms with E-state index in [-0.39, 0.29) is 24.8 Å². The smallest absolute Gasteiger partial charge is 0.0829 e. The Labute approximate surface area is 94.0 Å². The molecule has 0 fully saturated rings. The first-order valence-corrected chi connectivity index (χ1v) is 3.57.